The molecule has 152 valence electrons. The lowest BCUT2D eigenvalue weighted by Gasteiger charge is -2.35. The first-order chi connectivity index (χ1) is 14.0. The Morgan fingerprint density at radius 2 is 1.76 bits per heavy atom. The summed E-state index contributed by atoms with van der Waals surface area (Å²) >= 11 is 12.1. The molecule has 1 saturated heterocycles. The van der Waals surface area contributed by atoms with E-state index in [0.29, 0.717) is 29.7 Å². The van der Waals surface area contributed by atoms with Crippen molar-refractivity contribution in [3.05, 3.63) is 58.1 Å². The number of carbonyl (C=O) groups is 2. The van der Waals surface area contributed by atoms with Crippen LogP contribution in [0.5, 0.6) is 0 Å². The van der Waals surface area contributed by atoms with Crippen LogP contribution in [0.3, 0.4) is 0 Å². The minimum Gasteiger partial charge on any atom is -0.326 e. The topological polar surface area (TPSA) is 52.7 Å². The van der Waals surface area contributed by atoms with E-state index in [4.69, 9.17) is 23.2 Å². The number of amides is 3. The Labute approximate surface area is 180 Å². The molecule has 2 aliphatic rings. The van der Waals surface area contributed by atoms with Gasteiger partial charge in [-0.2, -0.15) is 0 Å². The Bertz CT molecular complexity index is 913. The van der Waals surface area contributed by atoms with Crippen LogP contribution in [-0.2, 0) is 11.3 Å². The third-order valence-electron chi connectivity index (χ3n) is 5.59. The summed E-state index contributed by atoms with van der Waals surface area (Å²) in [4.78, 5) is 28.7. The second kappa shape index (κ2) is 8.64. The van der Waals surface area contributed by atoms with Gasteiger partial charge in [0.05, 0.1) is 10.0 Å². The average molecular weight is 432 g/mol. The molecule has 2 fully saturated rings. The highest BCUT2D eigenvalue weighted by molar-refractivity contribution is 6.42. The van der Waals surface area contributed by atoms with Crippen LogP contribution in [-0.4, -0.2) is 29.9 Å². The number of hydrogen-bond donors (Lipinski definition) is 1. The van der Waals surface area contributed by atoms with Crippen molar-refractivity contribution >= 4 is 46.5 Å². The maximum Gasteiger partial charge on any atom is 0.324 e. The summed E-state index contributed by atoms with van der Waals surface area (Å²) in [6.45, 7) is 1.86. The highest BCUT2D eigenvalue weighted by Crippen LogP contribution is 2.29. The standard InChI is InChI=1S/C22H23Cl2N3O2/c23-19-10-5-15(13-20(19)24)14-26-11-2-12-27(22(26)29)18-8-6-17(7-9-18)25-21(28)16-3-1-4-16/h5-10,13,16H,1-4,11-12,14H2,(H,25,28). The Morgan fingerprint density at radius 1 is 1.00 bits per heavy atom. The van der Waals surface area contributed by atoms with Gasteiger partial charge in [-0.25, -0.2) is 4.79 Å². The van der Waals surface area contributed by atoms with Gasteiger partial charge in [-0.15, -0.1) is 0 Å². The molecular formula is C22H23Cl2N3O2. The van der Waals surface area contributed by atoms with Crippen LogP contribution in [0, 0.1) is 5.92 Å². The van der Waals surface area contributed by atoms with Crippen molar-refractivity contribution in [1.82, 2.24) is 4.90 Å². The first-order valence-corrected chi connectivity index (χ1v) is 10.7. The quantitative estimate of drug-likeness (QED) is 0.672. The molecule has 0 aromatic heterocycles. The van der Waals surface area contributed by atoms with E-state index in [1.165, 1.54) is 0 Å². The number of urea groups is 1. The molecule has 1 heterocycles. The van der Waals surface area contributed by atoms with Gasteiger partial charge in [-0.1, -0.05) is 35.7 Å². The zero-order valence-corrected chi connectivity index (χ0v) is 17.5. The number of nitrogens with one attached hydrogen (secondary N) is 1. The van der Waals surface area contributed by atoms with Gasteiger partial charge < -0.3 is 10.2 Å². The van der Waals surface area contributed by atoms with Crippen molar-refractivity contribution in [2.24, 2.45) is 5.92 Å². The van der Waals surface area contributed by atoms with Crippen molar-refractivity contribution in [3.8, 4) is 0 Å². The fourth-order valence-electron chi connectivity index (χ4n) is 3.67. The number of halogens is 2. The summed E-state index contributed by atoms with van der Waals surface area (Å²) in [7, 11) is 0. The van der Waals surface area contributed by atoms with Crippen LogP contribution in [0.4, 0.5) is 16.2 Å². The van der Waals surface area contributed by atoms with E-state index in [-0.39, 0.29) is 17.9 Å². The lowest BCUT2D eigenvalue weighted by atomic mass is 9.85. The van der Waals surface area contributed by atoms with Crippen molar-refractivity contribution in [1.29, 1.82) is 0 Å². The number of benzene rings is 2. The summed E-state index contributed by atoms with van der Waals surface area (Å²) in [5, 5.41) is 3.96. The van der Waals surface area contributed by atoms with Gasteiger partial charge in [0.2, 0.25) is 5.91 Å². The molecule has 0 unspecified atom stereocenters. The van der Waals surface area contributed by atoms with Crippen LogP contribution < -0.4 is 10.2 Å². The molecule has 1 aliphatic carbocycles. The minimum atomic E-state index is -0.0337. The normalized spacial score (nSPS) is 17.2. The van der Waals surface area contributed by atoms with Gasteiger partial charge in [0.25, 0.3) is 0 Å². The monoisotopic (exact) mass is 431 g/mol. The minimum absolute atomic E-state index is 0.0337. The maximum absolute atomic E-state index is 13.0. The molecule has 0 radical (unpaired) electrons. The number of hydrogen-bond acceptors (Lipinski definition) is 2. The zero-order valence-electron chi connectivity index (χ0n) is 16.0. The number of nitrogens with zero attached hydrogens (tertiary/aromatic N) is 2. The van der Waals surface area contributed by atoms with Crippen LogP contribution in [0.2, 0.25) is 10.0 Å². The predicted octanol–water partition coefficient (Wildman–Crippen LogP) is 5.56. The fraction of sp³-hybridized carbons (Fsp3) is 0.364. The Kier molecular flexibility index (Phi) is 5.97. The second-order valence-electron chi connectivity index (χ2n) is 7.62. The summed E-state index contributed by atoms with van der Waals surface area (Å²) in [5.41, 5.74) is 2.54. The van der Waals surface area contributed by atoms with Gasteiger partial charge in [-0.05, 0) is 61.2 Å². The molecule has 5 nitrogen and oxygen atoms in total. The maximum atomic E-state index is 13.0. The van der Waals surface area contributed by atoms with Gasteiger partial charge in [0.1, 0.15) is 0 Å². The number of carbonyl (C=O) groups excluding carboxylic acids is 2. The molecular weight excluding hydrogens is 409 g/mol. The van der Waals surface area contributed by atoms with Crippen molar-refractivity contribution in [2.75, 3.05) is 23.3 Å². The smallest absolute Gasteiger partial charge is 0.324 e. The molecule has 3 amide bonds. The molecule has 4 rings (SSSR count). The van der Waals surface area contributed by atoms with Crippen molar-refractivity contribution in [2.45, 2.75) is 32.2 Å². The Balaban J connectivity index is 1.41. The lowest BCUT2D eigenvalue weighted by Crippen LogP contribution is -2.49. The molecule has 1 saturated carbocycles. The number of anilines is 2. The van der Waals surface area contributed by atoms with Gasteiger partial charge >= 0.3 is 6.03 Å². The van der Waals surface area contributed by atoms with E-state index in [2.05, 4.69) is 5.32 Å². The molecule has 2 aromatic rings. The van der Waals surface area contributed by atoms with Gasteiger partial charge in [0.15, 0.2) is 0 Å². The predicted molar refractivity (Wildman–Crippen MR) is 117 cm³/mol. The van der Waals surface area contributed by atoms with E-state index < -0.39 is 0 Å². The van der Waals surface area contributed by atoms with Crippen molar-refractivity contribution in [3.63, 3.8) is 0 Å². The molecule has 29 heavy (non-hydrogen) atoms. The third-order valence-corrected chi connectivity index (χ3v) is 6.33. The summed E-state index contributed by atoms with van der Waals surface area (Å²) in [5.74, 6) is 0.235. The molecule has 0 spiro atoms. The third kappa shape index (κ3) is 4.51. The highest BCUT2D eigenvalue weighted by atomic mass is 35.5. The Hall–Kier alpha value is -2.24. The van der Waals surface area contributed by atoms with Crippen LogP contribution >= 0.6 is 23.2 Å². The molecule has 1 N–H and O–H groups in total. The first-order valence-electron chi connectivity index (χ1n) is 9.92. The molecule has 7 heteroatoms. The van der Waals surface area contributed by atoms with Crippen LogP contribution in [0.1, 0.15) is 31.2 Å². The molecule has 2 aromatic carbocycles. The van der Waals surface area contributed by atoms with Crippen molar-refractivity contribution < 1.29 is 9.59 Å². The largest absolute Gasteiger partial charge is 0.326 e. The highest BCUT2D eigenvalue weighted by Gasteiger charge is 2.27. The fourth-order valence-corrected chi connectivity index (χ4v) is 3.99. The van der Waals surface area contributed by atoms with Crippen LogP contribution in [0.15, 0.2) is 42.5 Å². The lowest BCUT2D eigenvalue weighted by molar-refractivity contribution is -0.122. The summed E-state index contributed by atoms with van der Waals surface area (Å²) in [6.07, 6.45) is 3.96. The van der Waals surface area contributed by atoms with Crippen LogP contribution in [0.25, 0.3) is 0 Å². The summed E-state index contributed by atoms with van der Waals surface area (Å²) < 4.78 is 0. The first kappa shape index (κ1) is 20.0. The van der Waals surface area contributed by atoms with Gasteiger partial charge in [0, 0.05) is 36.9 Å². The van der Waals surface area contributed by atoms with Gasteiger partial charge in [-0.3, -0.25) is 9.69 Å². The molecule has 1 aliphatic heterocycles. The summed E-state index contributed by atoms with van der Waals surface area (Å²) in [6, 6.07) is 12.9. The Morgan fingerprint density at radius 3 is 2.41 bits per heavy atom. The van der Waals surface area contributed by atoms with E-state index in [9.17, 15) is 9.59 Å². The van der Waals surface area contributed by atoms with E-state index in [1.807, 2.05) is 35.2 Å². The molecule has 0 bridgehead atoms. The molecule has 0 atom stereocenters. The number of rotatable bonds is 5. The zero-order chi connectivity index (χ0) is 20.4. The van der Waals surface area contributed by atoms with E-state index >= 15 is 0 Å². The SMILES string of the molecule is O=C(Nc1ccc(N2CCCN(Cc3ccc(Cl)c(Cl)c3)C2=O)cc1)C1CCC1. The van der Waals surface area contributed by atoms with E-state index in [0.717, 1.165) is 42.6 Å². The average Bonchev–Trinajstić information content (AvgIpc) is 2.66. The van der Waals surface area contributed by atoms with E-state index in [1.54, 1.807) is 17.0 Å². The second-order valence-corrected chi connectivity index (χ2v) is 8.44.